The van der Waals surface area contributed by atoms with E-state index in [2.05, 4.69) is 0 Å². The predicted octanol–water partition coefficient (Wildman–Crippen LogP) is 3.10. The number of hydrogen-bond acceptors (Lipinski definition) is 3. The number of likely N-dealkylation sites (tertiary alicyclic amines) is 1. The fraction of sp³-hybridized carbons (Fsp3) is 0.625. The van der Waals surface area contributed by atoms with Crippen LogP contribution >= 0.6 is 11.3 Å². The first-order chi connectivity index (χ1) is 10.2. The Labute approximate surface area is 128 Å². The van der Waals surface area contributed by atoms with Crippen LogP contribution in [0.25, 0.3) is 0 Å². The number of aryl methyl sites for hydroxylation is 2. The van der Waals surface area contributed by atoms with E-state index in [1.165, 1.54) is 36.1 Å². The minimum atomic E-state index is -0.879. The van der Waals surface area contributed by atoms with Crippen molar-refractivity contribution in [1.82, 2.24) is 4.90 Å². The van der Waals surface area contributed by atoms with Gasteiger partial charge in [-0.3, -0.25) is 4.79 Å². The van der Waals surface area contributed by atoms with Gasteiger partial charge in [-0.25, -0.2) is 4.79 Å². The fourth-order valence-corrected chi connectivity index (χ4v) is 4.57. The molecule has 0 spiro atoms. The lowest BCUT2D eigenvalue weighted by atomic mass is 10.00. The van der Waals surface area contributed by atoms with Crippen LogP contribution in [0.1, 0.15) is 58.6 Å². The zero-order valence-corrected chi connectivity index (χ0v) is 13.0. The molecular formula is C16H21NO3S. The van der Waals surface area contributed by atoms with Crippen molar-refractivity contribution in [2.24, 2.45) is 0 Å². The number of aliphatic carboxylic acids is 1. The Kier molecular flexibility index (Phi) is 4.29. The van der Waals surface area contributed by atoms with Gasteiger partial charge in [0.2, 0.25) is 0 Å². The van der Waals surface area contributed by atoms with E-state index in [1.54, 1.807) is 16.2 Å². The summed E-state index contributed by atoms with van der Waals surface area (Å²) in [5.41, 5.74) is 1.31. The standard InChI is InChI=1S/C16H21NO3S/c18-15(17-9-5-7-12(17)16(19)20)14-10-11-6-3-1-2-4-8-13(11)21-14/h10,12H,1-9H2,(H,19,20). The molecule has 1 atom stereocenters. The van der Waals surface area contributed by atoms with Crippen LogP contribution in [-0.4, -0.2) is 34.5 Å². The number of fused-ring (bicyclic) bond motifs is 1. The first-order valence-electron chi connectivity index (χ1n) is 7.82. The van der Waals surface area contributed by atoms with Crippen molar-refractivity contribution in [3.63, 3.8) is 0 Å². The number of hydrogen-bond donors (Lipinski definition) is 1. The summed E-state index contributed by atoms with van der Waals surface area (Å²) >= 11 is 1.58. The first-order valence-corrected chi connectivity index (χ1v) is 8.64. The van der Waals surface area contributed by atoms with Crippen molar-refractivity contribution in [3.8, 4) is 0 Å². The molecule has 2 heterocycles. The number of amides is 1. The van der Waals surface area contributed by atoms with Crippen molar-refractivity contribution in [3.05, 3.63) is 21.4 Å². The molecule has 0 aromatic carbocycles. The van der Waals surface area contributed by atoms with Crippen molar-refractivity contribution in [2.45, 2.75) is 57.4 Å². The van der Waals surface area contributed by atoms with Crippen LogP contribution < -0.4 is 0 Å². The van der Waals surface area contributed by atoms with Crippen LogP contribution in [0.2, 0.25) is 0 Å². The van der Waals surface area contributed by atoms with Crippen LogP contribution in [0.3, 0.4) is 0 Å². The van der Waals surface area contributed by atoms with Crippen LogP contribution in [0, 0.1) is 0 Å². The lowest BCUT2D eigenvalue weighted by molar-refractivity contribution is -0.141. The normalized spacial score (nSPS) is 22.5. The summed E-state index contributed by atoms with van der Waals surface area (Å²) in [6.45, 7) is 0.568. The van der Waals surface area contributed by atoms with Gasteiger partial charge in [0.25, 0.3) is 5.91 Å². The summed E-state index contributed by atoms with van der Waals surface area (Å²) in [7, 11) is 0. The highest BCUT2D eigenvalue weighted by molar-refractivity contribution is 7.14. The minimum absolute atomic E-state index is 0.0864. The van der Waals surface area contributed by atoms with Gasteiger partial charge >= 0.3 is 5.97 Å². The maximum atomic E-state index is 12.6. The quantitative estimate of drug-likeness (QED) is 0.913. The van der Waals surface area contributed by atoms with E-state index in [-0.39, 0.29) is 5.91 Å². The van der Waals surface area contributed by atoms with Gasteiger partial charge in [0.15, 0.2) is 0 Å². The molecule has 0 saturated carbocycles. The van der Waals surface area contributed by atoms with Crippen molar-refractivity contribution >= 4 is 23.2 Å². The van der Waals surface area contributed by atoms with Crippen LogP contribution in [0.4, 0.5) is 0 Å². The number of rotatable bonds is 2. The van der Waals surface area contributed by atoms with E-state index >= 15 is 0 Å². The molecule has 1 unspecified atom stereocenters. The van der Waals surface area contributed by atoms with E-state index < -0.39 is 12.0 Å². The highest BCUT2D eigenvalue weighted by Gasteiger charge is 2.35. The fourth-order valence-electron chi connectivity index (χ4n) is 3.36. The number of carboxylic acids is 1. The second-order valence-corrected chi connectivity index (χ2v) is 7.10. The first kappa shape index (κ1) is 14.6. The molecule has 1 N–H and O–H groups in total. The van der Waals surface area contributed by atoms with Gasteiger partial charge < -0.3 is 10.0 Å². The molecule has 21 heavy (non-hydrogen) atoms. The van der Waals surface area contributed by atoms with Crippen molar-refractivity contribution in [1.29, 1.82) is 0 Å². The Hall–Kier alpha value is -1.36. The minimum Gasteiger partial charge on any atom is -0.480 e. The summed E-state index contributed by atoms with van der Waals surface area (Å²) in [6, 6.07) is 1.38. The molecular weight excluding hydrogens is 286 g/mol. The zero-order chi connectivity index (χ0) is 14.8. The lowest BCUT2D eigenvalue weighted by Crippen LogP contribution is -2.40. The molecule has 0 bridgehead atoms. The predicted molar refractivity (Wildman–Crippen MR) is 81.9 cm³/mol. The molecule has 5 heteroatoms. The topological polar surface area (TPSA) is 57.6 Å². The summed E-state index contributed by atoms with van der Waals surface area (Å²) in [5.74, 6) is -0.965. The molecule has 1 saturated heterocycles. The molecule has 1 amide bonds. The third kappa shape index (κ3) is 2.98. The van der Waals surface area contributed by atoms with Gasteiger partial charge in [-0.15, -0.1) is 11.3 Å². The van der Waals surface area contributed by atoms with Gasteiger partial charge in [-0.05, 0) is 50.2 Å². The van der Waals surface area contributed by atoms with Crippen LogP contribution in [0.15, 0.2) is 6.07 Å². The van der Waals surface area contributed by atoms with Gasteiger partial charge in [0, 0.05) is 11.4 Å². The summed E-state index contributed by atoms with van der Waals surface area (Å²) in [5, 5.41) is 9.23. The second-order valence-electron chi connectivity index (χ2n) is 5.97. The van der Waals surface area contributed by atoms with Crippen molar-refractivity contribution < 1.29 is 14.7 Å². The largest absolute Gasteiger partial charge is 0.480 e. The number of nitrogens with zero attached hydrogens (tertiary/aromatic N) is 1. The molecule has 1 fully saturated rings. The molecule has 1 aliphatic carbocycles. The summed E-state index contributed by atoms with van der Waals surface area (Å²) in [6.07, 6.45) is 8.41. The smallest absolute Gasteiger partial charge is 0.326 e. The Morgan fingerprint density at radius 3 is 2.67 bits per heavy atom. The Morgan fingerprint density at radius 2 is 1.90 bits per heavy atom. The van der Waals surface area contributed by atoms with Gasteiger partial charge in [-0.1, -0.05) is 12.8 Å². The van der Waals surface area contributed by atoms with Gasteiger partial charge in [0.05, 0.1) is 4.88 Å². The van der Waals surface area contributed by atoms with E-state index in [0.717, 1.165) is 24.1 Å². The SMILES string of the molecule is O=C(O)C1CCCN1C(=O)c1cc2c(s1)CCCCCC2. The number of thiophene rings is 1. The molecule has 114 valence electrons. The molecule has 0 radical (unpaired) electrons. The maximum absolute atomic E-state index is 12.6. The van der Waals surface area contributed by atoms with Crippen LogP contribution in [-0.2, 0) is 17.6 Å². The Balaban J connectivity index is 1.81. The third-order valence-electron chi connectivity index (χ3n) is 4.51. The number of carbonyl (C=O) groups excluding carboxylic acids is 1. The molecule has 3 rings (SSSR count). The summed E-state index contributed by atoms with van der Waals surface area (Å²) < 4.78 is 0. The molecule has 1 aromatic rings. The van der Waals surface area contributed by atoms with Gasteiger partial charge in [-0.2, -0.15) is 0 Å². The third-order valence-corrected chi connectivity index (χ3v) is 5.73. The summed E-state index contributed by atoms with van der Waals surface area (Å²) in [4.78, 5) is 27.5. The molecule has 1 aromatic heterocycles. The maximum Gasteiger partial charge on any atom is 0.326 e. The van der Waals surface area contributed by atoms with Crippen molar-refractivity contribution in [2.75, 3.05) is 6.54 Å². The highest BCUT2D eigenvalue weighted by atomic mass is 32.1. The Morgan fingerprint density at radius 1 is 1.14 bits per heavy atom. The second kappa shape index (κ2) is 6.18. The zero-order valence-electron chi connectivity index (χ0n) is 12.1. The number of carbonyl (C=O) groups is 2. The van der Waals surface area contributed by atoms with E-state index in [9.17, 15) is 14.7 Å². The molecule has 4 nitrogen and oxygen atoms in total. The Bertz CT molecular complexity index is 526. The van der Waals surface area contributed by atoms with E-state index in [0.29, 0.717) is 13.0 Å². The number of carboxylic acid groups (broad SMARTS) is 1. The van der Waals surface area contributed by atoms with Gasteiger partial charge in [0.1, 0.15) is 6.04 Å². The van der Waals surface area contributed by atoms with E-state index in [4.69, 9.17) is 0 Å². The highest BCUT2D eigenvalue weighted by Crippen LogP contribution is 2.30. The van der Waals surface area contributed by atoms with E-state index in [1.807, 2.05) is 6.07 Å². The monoisotopic (exact) mass is 307 g/mol. The molecule has 2 aliphatic rings. The average Bonchev–Trinajstić information content (AvgIpc) is 3.05. The average molecular weight is 307 g/mol. The van der Waals surface area contributed by atoms with Crippen LogP contribution in [0.5, 0.6) is 0 Å². The molecule has 1 aliphatic heterocycles. The lowest BCUT2D eigenvalue weighted by Gasteiger charge is -2.20.